The topological polar surface area (TPSA) is 46.5 Å². The summed E-state index contributed by atoms with van der Waals surface area (Å²) in [6, 6.07) is 24.9. The molecule has 0 aliphatic rings. The Labute approximate surface area is 183 Å². The van der Waals surface area contributed by atoms with Gasteiger partial charge < -0.3 is 0 Å². The molecule has 3 rings (SSSR count). The Morgan fingerprint density at radius 2 is 1.19 bits per heavy atom. The molecule has 31 heavy (non-hydrogen) atoms. The zero-order valence-electron chi connectivity index (χ0n) is 16.4. The first kappa shape index (κ1) is 23.3. The molecular weight excluding hydrogens is 448 g/mol. The molecule has 1 unspecified atom stereocenters. The summed E-state index contributed by atoms with van der Waals surface area (Å²) in [6.07, 6.45) is -6.76. The SMILES string of the molecule is O=C(OP(CC(O)CCl)(c1ccccc1)(c1ccccc1)c1ccccc1)C(F)(F)F. The van der Waals surface area contributed by atoms with Crippen LogP contribution in [0.2, 0.25) is 0 Å². The Bertz CT molecular complexity index is 915. The number of rotatable bonds is 7. The minimum absolute atomic E-state index is 0.242. The average Bonchev–Trinajstić information content (AvgIpc) is 2.79. The first-order valence-corrected chi connectivity index (χ1v) is 12.3. The number of carbonyl (C=O) groups is 1. The van der Waals surface area contributed by atoms with Gasteiger partial charge in [-0.2, -0.15) is 0 Å². The molecule has 0 aliphatic carbocycles. The van der Waals surface area contributed by atoms with E-state index in [1.807, 2.05) is 0 Å². The van der Waals surface area contributed by atoms with Crippen molar-refractivity contribution in [3.05, 3.63) is 91.0 Å². The monoisotopic (exact) mass is 468 g/mol. The van der Waals surface area contributed by atoms with Crippen LogP contribution >= 0.6 is 18.4 Å². The van der Waals surface area contributed by atoms with E-state index in [9.17, 15) is 23.1 Å². The van der Waals surface area contributed by atoms with Gasteiger partial charge in [-0.05, 0) is 0 Å². The van der Waals surface area contributed by atoms with Crippen molar-refractivity contribution >= 4 is 40.3 Å². The number of aliphatic hydroxyl groups excluding tert-OH is 1. The number of hydrogen-bond acceptors (Lipinski definition) is 3. The maximum atomic E-state index is 13.6. The number of carbonyl (C=O) groups excluding carboxylic acids is 1. The van der Waals surface area contributed by atoms with Crippen LogP contribution in [0.1, 0.15) is 0 Å². The van der Waals surface area contributed by atoms with Gasteiger partial charge in [-0.25, -0.2) is 0 Å². The molecule has 0 saturated carbocycles. The van der Waals surface area contributed by atoms with Crippen molar-refractivity contribution in [2.24, 2.45) is 0 Å². The van der Waals surface area contributed by atoms with Crippen molar-refractivity contribution in [2.75, 3.05) is 12.0 Å². The second-order valence-corrected chi connectivity index (χ2v) is 11.9. The van der Waals surface area contributed by atoms with Gasteiger partial charge in [-0.1, -0.05) is 0 Å². The van der Waals surface area contributed by atoms with Crippen molar-refractivity contribution in [1.82, 2.24) is 0 Å². The predicted octanol–water partition coefficient (Wildman–Crippen LogP) is 4.14. The van der Waals surface area contributed by atoms with Gasteiger partial charge in [0.15, 0.2) is 0 Å². The summed E-state index contributed by atoms with van der Waals surface area (Å²) in [7, 11) is 0. The van der Waals surface area contributed by atoms with Crippen LogP contribution in [0.5, 0.6) is 0 Å². The Morgan fingerprint density at radius 1 is 0.839 bits per heavy atom. The zero-order valence-corrected chi connectivity index (χ0v) is 18.0. The summed E-state index contributed by atoms with van der Waals surface area (Å²) in [5, 5.41) is 11.8. The summed E-state index contributed by atoms with van der Waals surface area (Å²) in [6.45, 7) is -4.66. The van der Waals surface area contributed by atoms with E-state index < -0.39 is 25.1 Å². The van der Waals surface area contributed by atoms with Crippen LogP contribution in [0, 0.1) is 0 Å². The molecule has 3 aromatic carbocycles. The zero-order chi connectivity index (χ0) is 22.6. The van der Waals surface area contributed by atoms with Crippen molar-refractivity contribution in [1.29, 1.82) is 0 Å². The molecule has 1 atom stereocenters. The molecule has 0 amide bonds. The van der Waals surface area contributed by atoms with Crippen LogP contribution in [-0.2, 0) is 9.32 Å². The molecule has 3 nitrogen and oxygen atoms in total. The Morgan fingerprint density at radius 3 is 1.48 bits per heavy atom. The number of hydrogen-bond donors (Lipinski definition) is 1. The van der Waals surface area contributed by atoms with Crippen LogP contribution < -0.4 is 15.9 Å². The van der Waals surface area contributed by atoms with Gasteiger partial charge in [0.1, 0.15) is 0 Å². The Balaban J connectivity index is 2.53. The van der Waals surface area contributed by atoms with Crippen LogP contribution in [0.4, 0.5) is 13.2 Å². The van der Waals surface area contributed by atoms with E-state index in [1.54, 1.807) is 91.0 Å². The van der Waals surface area contributed by atoms with Gasteiger partial charge >= 0.3 is 183 Å². The van der Waals surface area contributed by atoms with Gasteiger partial charge in [0, 0.05) is 0 Å². The Hall–Kier alpha value is -2.40. The van der Waals surface area contributed by atoms with Gasteiger partial charge in [-0.15, -0.1) is 0 Å². The fourth-order valence-electron chi connectivity index (χ4n) is 3.87. The summed E-state index contributed by atoms with van der Waals surface area (Å²) < 4.78 is 46.4. The summed E-state index contributed by atoms with van der Waals surface area (Å²) in [5.41, 5.74) is 0. The van der Waals surface area contributed by atoms with Crippen LogP contribution in [0.15, 0.2) is 91.0 Å². The number of benzene rings is 3. The third-order valence-electron chi connectivity index (χ3n) is 5.16. The molecule has 3 aromatic rings. The fourth-order valence-corrected chi connectivity index (χ4v) is 9.86. The molecular formula is C23H21ClF3O3P. The molecule has 0 bridgehead atoms. The predicted molar refractivity (Wildman–Crippen MR) is 119 cm³/mol. The number of alkyl halides is 4. The standard InChI is InChI=1S/C23H21ClF3O3P/c24-16-18(28)17-31(19-10-4-1-5-11-19,20-12-6-2-7-13-20,21-14-8-3-9-15-21)30-22(29)23(25,26)27/h1-15,18,28H,16-17H2. The van der Waals surface area contributed by atoms with E-state index in [-0.39, 0.29) is 12.0 Å². The van der Waals surface area contributed by atoms with Gasteiger partial charge in [0.2, 0.25) is 0 Å². The molecule has 0 radical (unpaired) electrons. The molecule has 0 aromatic heterocycles. The van der Waals surface area contributed by atoms with Crippen molar-refractivity contribution in [2.45, 2.75) is 12.3 Å². The van der Waals surface area contributed by atoms with E-state index in [2.05, 4.69) is 0 Å². The van der Waals surface area contributed by atoms with E-state index in [4.69, 9.17) is 16.1 Å². The third kappa shape index (κ3) is 4.20. The van der Waals surface area contributed by atoms with Gasteiger partial charge in [-0.3, -0.25) is 0 Å². The van der Waals surface area contributed by atoms with E-state index >= 15 is 0 Å². The molecule has 0 saturated heterocycles. The normalized spacial score (nSPS) is 14.3. The van der Waals surface area contributed by atoms with Crippen LogP contribution in [0.25, 0.3) is 0 Å². The van der Waals surface area contributed by atoms with Crippen LogP contribution in [-0.4, -0.2) is 35.4 Å². The van der Waals surface area contributed by atoms with Crippen LogP contribution in [0.3, 0.4) is 0 Å². The third-order valence-corrected chi connectivity index (χ3v) is 11.4. The molecule has 0 spiro atoms. The fraction of sp³-hybridized carbons (Fsp3) is 0.174. The first-order chi connectivity index (χ1) is 14.7. The molecule has 0 aliphatic heterocycles. The second-order valence-electron chi connectivity index (χ2n) is 7.09. The van der Waals surface area contributed by atoms with Gasteiger partial charge in [0.25, 0.3) is 0 Å². The molecule has 8 heteroatoms. The summed E-state index contributed by atoms with van der Waals surface area (Å²) >= 11 is 5.92. The summed E-state index contributed by atoms with van der Waals surface area (Å²) in [4.78, 5) is 12.4. The van der Waals surface area contributed by atoms with E-state index in [1.165, 1.54) is 0 Å². The number of halogens is 4. The minimum atomic E-state index is -5.23. The quantitative estimate of drug-likeness (QED) is 0.419. The average molecular weight is 469 g/mol. The Kier molecular flexibility index (Phi) is 6.75. The first-order valence-electron chi connectivity index (χ1n) is 9.47. The van der Waals surface area contributed by atoms with Crippen molar-refractivity contribution in [3.63, 3.8) is 0 Å². The van der Waals surface area contributed by atoms with Crippen molar-refractivity contribution in [3.8, 4) is 0 Å². The van der Waals surface area contributed by atoms with Gasteiger partial charge in [0.05, 0.1) is 0 Å². The van der Waals surface area contributed by atoms with E-state index in [0.717, 1.165) is 0 Å². The number of aliphatic hydroxyl groups is 1. The molecule has 1 N–H and O–H groups in total. The molecule has 164 valence electrons. The summed E-state index contributed by atoms with van der Waals surface area (Å²) in [5.74, 6) is -2.56. The molecule has 0 heterocycles. The van der Waals surface area contributed by atoms with E-state index in [0.29, 0.717) is 15.9 Å². The maximum absolute atomic E-state index is 13.6. The second kappa shape index (κ2) is 8.99. The van der Waals surface area contributed by atoms with Crippen molar-refractivity contribution < 1.29 is 27.6 Å². The molecule has 0 fully saturated rings.